The molecule has 2 nitrogen and oxygen atoms in total. The molecule has 0 fully saturated rings. The fraction of sp³-hybridized carbons (Fsp3) is 0.571. The lowest BCUT2D eigenvalue weighted by atomic mass is 10.0. The Hall–Kier alpha value is -0.860. The maximum Gasteiger partial charge on any atom is 0.341 e. The minimum Gasteiger partial charge on any atom is -0.479 e. The Bertz CT molecular complexity index is 161. The van der Waals surface area contributed by atoms with Gasteiger partial charge in [0.15, 0.2) is 0 Å². The summed E-state index contributed by atoms with van der Waals surface area (Å²) in [6.07, 6.45) is -0.123. The van der Waals surface area contributed by atoms with Crippen molar-refractivity contribution in [2.45, 2.75) is 25.9 Å². The molecule has 0 aliphatic rings. The summed E-state index contributed by atoms with van der Waals surface area (Å²) in [7, 11) is 0. The van der Waals surface area contributed by atoms with E-state index in [1.807, 2.05) is 0 Å². The average molecular weight is 146 g/mol. The van der Waals surface area contributed by atoms with Crippen molar-refractivity contribution in [2.24, 2.45) is 0 Å². The van der Waals surface area contributed by atoms with E-state index < -0.39 is 11.6 Å². The third-order valence-electron chi connectivity index (χ3n) is 1.08. The van der Waals surface area contributed by atoms with Crippen molar-refractivity contribution in [1.82, 2.24) is 0 Å². The third-order valence-corrected chi connectivity index (χ3v) is 1.08. The first-order chi connectivity index (χ1) is 4.36. The van der Waals surface area contributed by atoms with Gasteiger partial charge in [0.1, 0.15) is 0 Å². The van der Waals surface area contributed by atoms with E-state index >= 15 is 0 Å². The number of carboxylic acid groups (broad SMARTS) is 1. The molecule has 0 aromatic carbocycles. The van der Waals surface area contributed by atoms with Gasteiger partial charge in [-0.1, -0.05) is 5.57 Å². The molecule has 58 valence electrons. The van der Waals surface area contributed by atoms with Crippen LogP contribution in [0.3, 0.4) is 0 Å². The molecule has 0 bridgehead atoms. The van der Waals surface area contributed by atoms with Crippen molar-refractivity contribution < 1.29 is 14.3 Å². The van der Waals surface area contributed by atoms with E-state index in [0.717, 1.165) is 6.92 Å². The van der Waals surface area contributed by atoms with Gasteiger partial charge in [0.25, 0.3) is 0 Å². The number of carbonyl (C=O) groups is 1. The highest BCUT2D eigenvalue weighted by Gasteiger charge is 2.32. The van der Waals surface area contributed by atoms with E-state index in [9.17, 15) is 9.18 Å². The monoisotopic (exact) mass is 146 g/mol. The van der Waals surface area contributed by atoms with Gasteiger partial charge in [0, 0.05) is 6.42 Å². The Morgan fingerprint density at radius 3 is 2.30 bits per heavy atom. The Morgan fingerprint density at radius 1 is 1.80 bits per heavy atom. The SMILES string of the molecule is C=C(C)C[C@](C)(F)C(=O)O. The predicted octanol–water partition coefficient (Wildman–Crippen LogP) is 1.77. The molecule has 0 saturated heterocycles. The summed E-state index contributed by atoms with van der Waals surface area (Å²) in [6, 6.07) is 0. The number of aliphatic carboxylic acids is 1. The average Bonchev–Trinajstić information content (AvgIpc) is 1.60. The fourth-order valence-corrected chi connectivity index (χ4v) is 0.642. The molecule has 0 aliphatic heterocycles. The van der Waals surface area contributed by atoms with E-state index in [2.05, 4.69) is 6.58 Å². The third kappa shape index (κ3) is 2.62. The van der Waals surface area contributed by atoms with Gasteiger partial charge in [-0.15, -0.1) is 6.58 Å². The molecule has 1 N–H and O–H groups in total. The second kappa shape index (κ2) is 2.82. The van der Waals surface area contributed by atoms with Gasteiger partial charge >= 0.3 is 5.97 Å². The quantitative estimate of drug-likeness (QED) is 0.616. The van der Waals surface area contributed by atoms with E-state index in [1.165, 1.54) is 0 Å². The number of rotatable bonds is 3. The second-order valence-electron chi connectivity index (χ2n) is 2.64. The molecule has 0 saturated carbocycles. The molecule has 0 spiro atoms. The number of alkyl halides is 1. The zero-order valence-corrected chi connectivity index (χ0v) is 6.15. The molecule has 0 radical (unpaired) electrons. The summed E-state index contributed by atoms with van der Waals surface area (Å²) in [4.78, 5) is 10.1. The first kappa shape index (κ1) is 9.14. The van der Waals surface area contributed by atoms with Crippen LogP contribution in [0.5, 0.6) is 0 Å². The predicted molar refractivity (Wildman–Crippen MR) is 36.6 cm³/mol. The van der Waals surface area contributed by atoms with Crippen molar-refractivity contribution >= 4 is 5.97 Å². The number of allylic oxidation sites excluding steroid dienone is 1. The lowest BCUT2D eigenvalue weighted by Crippen LogP contribution is -2.29. The summed E-state index contributed by atoms with van der Waals surface area (Å²) < 4.78 is 12.8. The first-order valence-corrected chi connectivity index (χ1v) is 2.93. The molecule has 0 aromatic heterocycles. The van der Waals surface area contributed by atoms with E-state index in [0.29, 0.717) is 5.57 Å². The summed E-state index contributed by atoms with van der Waals surface area (Å²) in [5.74, 6) is -1.43. The molecule has 0 aliphatic carbocycles. The van der Waals surface area contributed by atoms with Gasteiger partial charge in [-0.2, -0.15) is 0 Å². The zero-order chi connectivity index (χ0) is 8.36. The zero-order valence-electron chi connectivity index (χ0n) is 6.15. The van der Waals surface area contributed by atoms with Crippen LogP contribution in [0.15, 0.2) is 12.2 Å². The molecular formula is C7H11FO2. The normalized spacial score (nSPS) is 15.9. The molecule has 0 aromatic rings. The fourth-order valence-electron chi connectivity index (χ4n) is 0.642. The molecule has 1 atom stereocenters. The van der Waals surface area contributed by atoms with Crippen LogP contribution in [0.4, 0.5) is 4.39 Å². The minimum atomic E-state index is -2.16. The molecule has 0 heterocycles. The summed E-state index contributed by atoms with van der Waals surface area (Å²) >= 11 is 0. The maximum atomic E-state index is 12.8. The van der Waals surface area contributed by atoms with E-state index in [-0.39, 0.29) is 6.42 Å². The number of hydrogen-bond donors (Lipinski definition) is 1. The molecule has 0 rings (SSSR count). The highest BCUT2D eigenvalue weighted by molar-refractivity contribution is 5.77. The molecule has 10 heavy (non-hydrogen) atoms. The summed E-state index contributed by atoms with van der Waals surface area (Å²) in [5, 5.41) is 8.27. The lowest BCUT2D eigenvalue weighted by molar-refractivity contribution is -0.149. The summed E-state index contributed by atoms with van der Waals surface area (Å²) in [6.45, 7) is 6.05. The topological polar surface area (TPSA) is 37.3 Å². The molecule has 0 unspecified atom stereocenters. The van der Waals surface area contributed by atoms with Gasteiger partial charge in [-0.25, -0.2) is 9.18 Å². The van der Waals surface area contributed by atoms with Gasteiger partial charge in [0.2, 0.25) is 5.67 Å². The van der Waals surface area contributed by atoms with Crippen LogP contribution in [-0.2, 0) is 4.79 Å². The number of carboxylic acids is 1. The lowest BCUT2D eigenvalue weighted by Gasteiger charge is -2.13. The van der Waals surface area contributed by atoms with Crippen LogP contribution in [0, 0.1) is 0 Å². The van der Waals surface area contributed by atoms with Crippen molar-refractivity contribution in [3.63, 3.8) is 0 Å². The number of halogens is 1. The Balaban J connectivity index is 4.13. The Kier molecular flexibility index (Phi) is 2.57. The van der Waals surface area contributed by atoms with Crippen LogP contribution in [0.1, 0.15) is 20.3 Å². The van der Waals surface area contributed by atoms with Gasteiger partial charge in [-0.3, -0.25) is 0 Å². The highest BCUT2D eigenvalue weighted by Crippen LogP contribution is 2.19. The minimum absolute atomic E-state index is 0.123. The maximum absolute atomic E-state index is 12.8. The van der Waals surface area contributed by atoms with Gasteiger partial charge in [0.05, 0.1) is 0 Å². The second-order valence-corrected chi connectivity index (χ2v) is 2.64. The van der Waals surface area contributed by atoms with Crippen LogP contribution in [0.2, 0.25) is 0 Å². The highest BCUT2D eigenvalue weighted by atomic mass is 19.1. The largest absolute Gasteiger partial charge is 0.479 e. The molecule has 0 amide bonds. The Labute approximate surface area is 59.4 Å². The van der Waals surface area contributed by atoms with E-state index in [1.54, 1.807) is 6.92 Å². The van der Waals surface area contributed by atoms with Crippen molar-refractivity contribution in [3.05, 3.63) is 12.2 Å². The standard InChI is InChI=1S/C7H11FO2/c1-5(2)4-7(3,8)6(9)10/h1,4H2,2-3H3,(H,9,10)/t7-/m0/s1. The Morgan fingerprint density at radius 2 is 2.20 bits per heavy atom. The van der Waals surface area contributed by atoms with Gasteiger partial charge < -0.3 is 5.11 Å². The van der Waals surface area contributed by atoms with Gasteiger partial charge in [-0.05, 0) is 13.8 Å². The first-order valence-electron chi connectivity index (χ1n) is 2.93. The van der Waals surface area contributed by atoms with Crippen LogP contribution in [-0.4, -0.2) is 16.7 Å². The molecular weight excluding hydrogens is 135 g/mol. The van der Waals surface area contributed by atoms with Crippen molar-refractivity contribution in [2.75, 3.05) is 0 Å². The molecule has 3 heteroatoms. The summed E-state index contributed by atoms with van der Waals surface area (Å²) in [5.41, 5.74) is -1.63. The number of hydrogen-bond acceptors (Lipinski definition) is 1. The van der Waals surface area contributed by atoms with Crippen LogP contribution >= 0.6 is 0 Å². The van der Waals surface area contributed by atoms with Crippen molar-refractivity contribution in [3.8, 4) is 0 Å². The van der Waals surface area contributed by atoms with Crippen molar-refractivity contribution in [1.29, 1.82) is 0 Å². The van der Waals surface area contributed by atoms with Crippen LogP contribution < -0.4 is 0 Å². The van der Waals surface area contributed by atoms with Crippen LogP contribution in [0.25, 0.3) is 0 Å². The van der Waals surface area contributed by atoms with E-state index in [4.69, 9.17) is 5.11 Å². The smallest absolute Gasteiger partial charge is 0.341 e.